The first kappa shape index (κ1) is 26.8. The Morgan fingerprint density at radius 2 is 1.97 bits per heavy atom. The predicted molar refractivity (Wildman–Crippen MR) is 126 cm³/mol. The van der Waals surface area contributed by atoms with Gasteiger partial charge in [0.1, 0.15) is 12.6 Å². The average Bonchev–Trinajstić information content (AvgIpc) is 3.40. The van der Waals surface area contributed by atoms with E-state index in [2.05, 4.69) is 5.10 Å². The van der Waals surface area contributed by atoms with Crippen LogP contribution in [0.25, 0.3) is 0 Å². The highest BCUT2D eigenvalue weighted by molar-refractivity contribution is 7.89. The van der Waals surface area contributed by atoms with E-state index in [1.807, 2.05) is 0 Å². The number of sulfonamides is 1. The quantitative estimate of drug-likeness (QED) is 0.346. The number of methoxy groups -OCH3 is 1. The Balaban J connectivity index is 1.62. The van der Waals surface area contributed by atoms with Gasteiger partial charge in [-0.05, 0) is 38.0 Å². The van der Waals surface area contributed by atoms with Crippen LogP contribution in [-0.4, -0.2) is 91.1 Å². The number of piperazine rings is 1. The Morgan fingerprint density at radius 1 is 1.19 bits per heavy atom. The molecule has 37 heavy (non-hydrogen) atoms. The molecule has 12 nitrogen and oxygen atoms in total. The zero-order valence-electron chi connectivity index (χ0n) is 20.7. The summed E-state index contributed by atoms with van der Waals surface area (Å²) in [4.78, 5) is 26.8. The van der Waals surface area contributed by atoms with Gasteiger partial charge < -0.3 is 18.9 Å². The van der Waals surface area contributed by atoms with E-state index in [-0.39, 0.29) is 42.8 Å². The number of rotatable bonds is 9. The lowest BCUT2D eigenvalue weighted by molar-refractivity contribution is -0.151. The second-order valence-corrected chi connectivity index (χ2v) is 10.5. The molecule has 2 aliphatic rings. The zero-order valence-corrected chi connectivity index (χ0v) is 21.5. The molecule has 2 bridgehead atoms. The van der Waals surface area contributed by atoms with E-state index in [1.165, 1.54) is 41.2 Å². The lowest BCUT2D eigenvalue weighted by Gasteiger charge is -2.44. The summed E-state index contributed by atoms with van der Waals surface area (Å²) in [7, 11) is -1.21. The van der Waals surface area contributed by atoms with Gasteiger partial charge in [-0.3, -0.25) is 14.4 Å². The molecule has 0 radical (unpaired) electrons. The highest BCUT2D eigenvalue weighted by Crippen LogP contribution is 2.38. The summed E-state index contributed by atoms with van der Waals surface area (Å²) < 4.78 is 65.5. The molecule has 0 saturated carbocycles. The van der Waals surface area contributed by atoms with Gasteiger partial charge in [0.05, 0.1) is 36.5 Å². The Labute approximate surface area is 213 Å². The number of carbonyl (C=O) groups is 2. The van der Waals surface area contributed by atoms with Gasteiger partial charge in [0.25, 0.3) is 0 Å². The molecule has 0 aliphatic carbocycles. The number of fused-ring (bicyclic) bond motifs is 2. The molecule has 0 N–H and O–H groups in total. The van der Waals surface area contributed by atoms with E-state index < -0.39 is 46.0 Å². The summed E-state index contributed by atoms with van der Waals surface area (Å²) in [6.45, 7) is 1.67. The van der Waals surface area contributed by atoms with Crippen molar-refractivity contribution in [1.29, 1.82) is 0 Å². The summed E-state index contributed by atoms with van der Waals surface area (Å²) in [6, 6.07) is 0.634. The number of aromatic nitrogens is 2. The largest absolute Gasteiger partial charge is 0.465 e. The van der Waals surface area contributed by atoms with Gasteiger partial charge in [-0.15, -0.1) is 0 Å². The van der Waals surface area contributed by atoms with Crippen molar-refractivity contribution in [3.05, 3.63) is 36.4 Å². The number of nitrogens with zero attached hydrogens (tertiary/aromatic N) is 4. The van der Waals surface area contributed by atoms with Crippen molar-refractivity contribution in [1.82, 2.24) is 19.0 Å². The van der Waals surface area contributed by atoms with Gasteiger partial charge in [0.15, 0.2) is 17.3 Å². The molecule has 2 saturated heterocycles. The first-order valence-electron chi connectivity index (χ1n) is 11.8. The van der Waals surface area contributed by atoms with E-state index in [0.717, 1.165) is 10.4 Å². The van der Waals surface area contributed by atoms with Crippen LogP contribution in [0.4, 0.5) is 9.18 Å². The number of ether oxygens (including phenoxy) is 4. The van der Waals surface area contributed by atoms with E-state index in [1.54, 1.807) is 14.0 Å². The van der Waals surface area contributed by atoms with Crippen molar-refractivity contribution in [3.8, 4) is 11.5 Å². The Kier molecular flexibility index (Phi) is 7.99. The SMILES string of the molecule is CCOC(=O)[C@@H]1[C@@H]2CC[C@H](CN1S(=O)(=O)c1ccc(Oc3cnn(C)c3)c(F)c1)N2C(=O)OCCOC. The van der Waals surface area contributed by atoms with Crippen LogP contribution in [0.3, 0.4) is 0 Å². The number of esters is 1. The van der Waals surface area contributed by atoms with Crippen molar-refractivity contribution >= 4 is 22.1 Å². The van der Waals surface area contributed by atoms with E-state index in [0.29, 0.717) is 12.8 Å². The fourth-order valence-corrected chi connectivity index (χ4v) is 6.33. The predicted octanol–water partition coefficient (Wildman–Crippen LogP) is 1.90. The van der Waals surface area contributed by atoms with E-state index in [4.69, 9.17) is 18.9 Å². The van der Waals surface area contributed by atoms with Gasteiger partial charge in [-0.1, -0.05) is 0 Å². The molecule has 4 rings (SSSR count). The topological polar surface area (TPSA) is 130 Å². The van der Waals surface area contributed by atoms with E-state index in [9.17, 15) is 22.4 Å². The van der Waals surface area contributed by atoms with Crippen LogP contribution >= 0.6 is 0 Å². The zero-order chi connectivity index (χ0) is 26.7. The lowest BCUT2D eigenvalue weighted by Crippen LogP contribution is -2.65. The molecule has 3 heterocycles. The minimum absolute atomic E-state index is 0.0180. The minimum Gasteiger partial charge on any atom is -0.465 e. The third kappa shape index (κ3) is 5.40. The molecular weight excluding hydrogens is 511 g/mol. The Hall–Kier alpha value is -3.23. The van der Waals surface area contributed by atoms with Crippen LogP contribution in [0.2, 0.25) is 0 Å². The van der Waals surface area contributed by atoms with Crippen molar-refractivity contribution in [2.45, 2.75) is 42.8 Å². The number of aryl methyl sites for hydroxylation is 1. The van der Waals surface area contributed by atoms with Crippen LogP contribution in [0.1, 0.15) is 19.8 Å². The van der Waals surface area contributed by atoms with Crippen molar-refractivity contribution < 1.29 is 41.3 Å². The average molecular weight is 541 g/mol. The molecule has 202 valence electrons. The summed E-state index contributed by atoms with van der Waals surface area (Å²) in [5.41, 5.74) is 0. The van der Waals surface area contributed by atoms with Crippen LogP contribution in [0.15, 0.2) is 35.5 Å². The van der Waals surface area contributed by atoms with Crippen molar-refractivity contribution in [2.24, 2.45) is 7.05 Å². The van der Waals surface area contributed by atoms with E-state index >= 15 is 0 Å². The van der Waals surface area contributed by atoms with Gasteiger partial charge >= 0.3 is 12.1 Å². The van der Waals surface area contributed by atoms with Crippen molar-refractivity contribution in [3.63, 3.8) is 0 Å². The molecule has 0 unspecified atom stereocenters. The highest BCUT2D eigenvalue weighted by Gasteiger charge is 2.55. The third-order valence-electron chi connectivity index (χ3n) is 6.28. The van der Waals surface area contributed by atoms with Crippen molar-refractivity contribution in [2.75, 3.05) is 33.5 Å². The fraction of sp³-hybridized carbons (Fsp3) is 0.522. The first-order chi connectivity index (χ1) is 17.7. The summed E-state index contributed by atoms with van der Waals surface area (Å²) in [6.07, 6.45) is 3.12. The van der Waals surface area contributed by atoms with Gasteiger partial charge in [-0.25, -0.2) is 17.6 Å². The maximum absolute atomic E-state index is 14.9. The number of amides is 1. The maximum atomic E-state index is 14.9. The second-order valence-electron chi connectivity index (χ2n) is 8.63. The molecule has 1 aromatic heterocycles. The van der Waals surface area contributed by atoms with Gasteiger partial charge in [0.2, 0.25) is 10.0 Å². The number of hydrogen-bond acceptors (Lipinski definition) is 9. The Morgan fingerprint density at radius 3 is 2.62 bits per heavy atom. The summed E-state index contributed by atoms with van der Waals surface area (Å²) in [5.74, 6) is -1.59. The number of benzene rings is 1. The normalized spacial score (nSPS) is 21.6. The molecule has 2 aromatic rings. The minimum atomic E-state index is -4.36. The maximum Gasteiger partial charge on any atom is 0.410 e. The molecular formula is C23H29FN4O8S. The molecule has 1 aromatic carbocycles. The summed E-state index contributed by atoms with van der Waals surface area (Å²) in [5, 5.41) is 3.94. The molecule has 0 spiro atoms. The van der Waals surface area contributed by atoms with Crippen LogP contribution < -0.4 is 4.74 Å². The highest BCUT2D eigenvalue weighted by atomic mass is 32.2. The standard InChI is InChI=1S/C23H29FN4O8S/c1-4-34-22(29)21-19-7-5-15(28(19)23(30)35-10-9-33-3)13-27(21)37(31,32)17-6-8-20(18(24)11-17)36-16-12-25-26(2)14-16/h6,8,11-12,14-15,19,21H,4-5,7,9-10,13H2,1-3H3/t15-,19+,21+/m1/s1. The molecule has 2 aliphatic heterocycles. The number of carbonyl (C=O) groups excluding carboxylic acids is 2. The van der Waals surface area contributed by atoms with Crippen LogP contribution in [0, 0.1) is 5.82 Å². The summed E-state index contributed by atoms with van der Waals surface area (Å²) >= 11 is 0. The third-order valence-corrected chi connectivity index (χ3v) is 8.13. The molecule has 1 amide bonds. The van der Waals surface area contributed by atoms with Crippen LogP contribution in [0.5, 0.6) is 11.5 Å². The van der Waals surface area contributed by atoms with Crippen LogP contribution in [-0.2, 0) is 36.1 Å². The van der Waals surface area contributed by atoms with Gasteiger partial charge in [-0.2, -0.15) is 9.40 Å². The van der Waals surface area contributed by atoms with Gasteiger partial charge in [0, 0.05) is 26.7 Å². The molecule has 2 fully saturated rings. The fourth-order valence-electron chi connectivity index (χ4n) is 4.67. The lowest BCUT2D eigenvalue weighted by atomic mass is 10.1. The monoisotopic (exact) mass is 540 g/mol. The molecule has 14 heteroatoms. The second kappa shape index (κ2) is 11.0. The molecule has 3 atom stereocenters. The smallest absolute Gasteiger partial charge is 0.410 e. The number of halogens is 1. The number of hydrogen-bond donors (Lipinski definition) is 0. The first-order valence-corrected chi connectivity index (χ1v) is 13.2. The Bertz CT molecular complexity index is 1250.